The molecular formula is C15H13F3IN. The van der Waals surface area contributed by atoms with Crippen molar-refractivity contribution in [1.29, 1.82) is 0 Å². The Morgan fingerprint density at radius 1 is 1.05 bits per heavy atom. The van der Waals surface area contributed by atoms with Gasteiger partial charge in [-0.1, -0.05) is 12.1 Å². The highest BCUT2D eigenvalue weighted by molar-refractivity contribution is 14.1. The van der Waals surface area contributed by atoms with Crippen molar-refractivity contribution in [1.82, 2.24) is 5.32 Å². The summed E-state index contributed by atoms with van der Waals surface area (Å²) in [6.07, 6.45) is 0.365. The first kappa shape index (κ1) is 15.3. The third-order valence-electron chi connectivity index (χ3n) is 3.13. The van der Waals surface area contributed by atoms with Crippen LogP contribution in [0.5, 0.6) is 0 Å². The van der Waals surface area contributed by atoms with Gasteiger partial charge in [0, 0.05) is 15.7 Å². The van der Waals surface area contributed by atoms with Gasteiger partial charge in [0.1, 0.15) is 17.5 Å². The maximum absolute atomic E-state index is 13.7. The van der Waals surface area contributed by atoms with E-state index in [-0.39, 0.29) is 11.9 Å². The fraction of sp³-hybridized carbons (Fsp3) is 0.200. The van der Waals surface area contributed by atoms with Crippen molar-refractivity contribution < 1.29 is 13.2 Å². The zero-order chi connectivity index (χ0) is 14.7. The molecule has 0 heterocycles. The van der Waals surface area contributed by atoms with Gasteiger partial charge in [0.15, 0.2) is 0 Å². The largest absolute Gasteiger partial charge is 0.313 e. The molecule has 0 saturated carbocycles. The normalized spacial score (nSPS) is 12.4. The monoisotopic (exact) mass is 391 g/mol. The lowest BCUT2D eigenvalue weighted by molar-refractivity contribution is 0.538. The molecule has 20 heavy (non-hydrogen) atoms. The highest BCUT2D eigenvalue weighted by atomic mass is 127. The fourth-order valence-corrected chi connectivity index (χ4v) is 2.91. The summed E-state index contributed by atoms with van der Waals surface area (Å²) in [6, 6.07) is 7.87. The number of halogens is 4. The maximum atomic E-state index is 13.7. The summed E-state index contributed by atoms with van der Waals surface area (Å²) in [4.78, 5) is 0. The second-order valence-electron chi connectivity index (χ2n) is 4.45. The molecule has 0 saturated heterocycles. The molecule has 0 amide bonds. The summed E-state index contributed by atoms with van der Waals surface area (Å²) < 4.78 is 40.5. The molecule has 0 radical (unpaired) electrons. The average molecular weight is 391 g/mol. The van der Waals surface area contributed by atoms with E-state index < -0.39 is 11.6 Å². The Kier molecular flexibility index (Phi) is 5.04. The van der Waals surface area contributed by atoms with E-state index in [1.807, 2.05) is 22.6 Å². The van der Waals surface area contributed by atoms with Crippen molar-refractivity contribution >= 4 is 22.6 Å². The summed E-state index contributed by atoms with van der Waals surface area (Å²) in [5.41, 5.74) is 1.31. The Morgan fingerprint density at radius 2 is 1.70 bits per heavy atom. The molecular weight excluding hydrogens is 378 g/mol. The predicted molar refractivity (Wildman–Crippen MR) is 81.0 cm³/mol. The molecule has 0 fully saturated rings. The SMILES string of the molecule is CNC(Cc1ccc(F)cc1F)c1ccc(F)cc1I. The predicted octanol–water partition coefficient (Wildman–Crippen LogP) is 4.21. The lowest BCUT2D eigenvalue weighted by atomic mass is 9.98. The van der Waals surface area contributed by atoms with Crippen molar-refractivity contribution in [3.63, 3.8) is 0 Å². The van der Waals surface area contributed by atoms with Gasteiger partial charge < -0.3 is 5.32 Å². The van der Waals surface area contributed by atoms with Crippen molar-refractivity contribution in [3.05, 3.63) is 68.5 Å². The number of rotatable bonds is 4. The fourth-order valence-electron chi connectivity index (χ4n) is 2.06. The van der Waals surface area contributed by atoms with Crippen LogP contribution in [0.3, 0.4) is 0 Å². The van der Waals surface area contributed by atoms with Gasteiger partial charge in [-0.3, -0.25) is 0 Å². The number of hydrogen-bond acceptors (Lipinski definition) is 1. The van der Waals surface area contributed by atoms with Crippen LogP contribution in [0, 0.1) is 21.0 Å². The van der Waals surface area contributed by atoms with E-state index in [0.717, 1.165) is 15.2 Å². The van der Waals surface area contributed by atoms with Crippen molar-refractivity contribution in [2.75, 3.05) is 7.05 Å². The smallest absolute Gasteiger partial charge is 0.129 e. The Hall–Kier alpha value is -1.08. The summed E-state index contributed by atoms with van der Waals surface area (Å²) in [5, 5.41) is 3.08. The van der Waals surface area contributed by atoms with Gasteiger partial charge in [-0.2, -0.15) is 0 Å². The van der Waals surface area contributed by atoms with E-state index in [2.05, 4.69) is 5.32 Å². The molecule has 0 aliphatic carbocycles. The molecule has 1 unspecified atom stereocenters. The van der Waals surface area contributed by atoms with Crippen molar-refractivity contribution in [2.24, 2.45) is 0 Å². The quantitative estimate of drug-likeness (QED) is 0.771. The van der Waals surface area contributed by atoms with E-state index in [1.165, 1.54) is 24.3 Å². The average Bonchev–Trinajstić information content (AvgIpc) is 2.39. The molecule has 106 valence electrons. The second-order valence-corrected chi connectivity index (χ2v) is 5.61. The molecule has 0 aromatic heterocycles. The zero-order valence-electron chi connectivity index (χ0n) is 10.8. The van der Waals surface area contributed by atoms with E-state index in [4.69, 9.17) is 0 Å². The van der Waals surface area contributed by atoms with Crippen LogP contribution in [0.25, 0.3) is 0 Å². The second kappa shape index (κ2) is 6.58. The highest BCUT2D eigenvalue weighted by Crippen LogP contribution is 2.25. The van der Waals surface area contributed by atoms with E-state index in [1.54, 1.807) is 13.1 Å². The third-order valence-corrected chi connectivity index (χ3v) is 4.06. The first-order valence-electron chi connectivity index (χ1n) is 6.07. The van der Waals surface area contributed by atoms with Gasteiger partial charge in [-0.25, -0.2) is 13.2 Å². The number of nitrogens with one attached hydrogen (secondary N) is 1. The van der Waals surface area contributed by atoms with Gasteiger partial charge in [0.25, 0.3) is 0 Å². The summed E-state index contributed by atoms with van der Waals surface area (Å²) >= 11 is 2.05. The minimum absolute atomic E-state index is 0.164. The molecule has 0 spiro atoms. The molecule has 1 atom stereocenters. The molecule has 1 N–H and O–H groups in total. The number of likely N-dealkylation sites (N-methyl/N-ethyl adjacent to an activating group) is 1. The Balaban J connectivity index is 2.28. The minimum atomic E-state index is -0.594. The van der Waals surface area contributed by atoms with Crippen LogP contribution in [0.1, 0.15) is 17.2 Å². The first-order chi connectivity index (χ1) is 9.51. The molecule has 2 aromatic carbocycles. The molecule has 0 aliphatic rings. The van der Waals surface area contributed by atoms with Gasteiger partial charge in [0.05, 0.1) is 0 Å². The standard InChI is InChI=1S/C15H13F3IN/c1-20-15(12-5-4-11(17)8-14(12)19)6-9-2-3-10(16)7-13(9)18/h2-5,7-8,15,20H,6H2,1H3. The Bertz CT molecular complexity index is 616. The van der Waals surface area contributed by atoms with Gasteiger partial charge in [0.2, 0.25) is 0 Å². The topological polar surface area (TPSA) is 12.0 Å². The minimum Gasteiger partial charge on any atom is -0.313 e. The Labute approximate surface area is 129 Å². The lowest BCUT2D eigenvalue weighted by Gasteiger charge is -2.18. The molecule has 2 aromatic rings. The van der Waals surface area contributed by atoms with Gasteiger partial charge in [-0.15, -0.1) is 0 Å². The number of hydrogen-bond donors (Lipinski definition) is 1. The maximum Gasteiger partial charge on any atom is 0.129 e. The van der Waals surface area contributed by atoms with Gasteiger partial charge in [-0.05, 0) is 65.4 Å². The molecule has 2 rings (SSSR count). The van der Waals surface area contributed by atoms with Crippen LogP contribution < -0.4 is 5.32 Å². The van der Waals surface area contributed by atoms with E-state index in [0.29, 0.717) is 12.0 Å². The van der Waals surface area contributed by atoms with Crippen LogP contribution in [0.4, 0.5) is 13.2 Å². The summed E-state index contributed by atoms with van der Waals surface area (Å²) in [5.74, 6) is -1.47. The number of benzene rings is 2. The van der Waals surface area contributed by atoms with Crippen LogP contribution in [-0.4, -0.2) is 7.05 Å². The van der Waals surface area contributed by atoms with E-state index >= 15 is 0 Å². The lowest BCUT2D eigenvalue weighted by Crippen LogP contribution is -2.20. The third kappa shape index (κ3) is 3.52. The molecule has 5 heteroatoms. The van der Waals surface area contributed by atoms with Crippen LogP contribution in [-0.2, 0) is 6.42 Å². The molecule has 0 bridgehead atoms. The van der Waals surface area contributed by atoms with Gasteiger partial charge >= 0.3 is 0 Å². The summed E-state index contributed by atoms with van der Waals surface area (Å²) in [6.45, 7) is 0. The van der Waals surface area contributed by atoms with Crippen molar-refractivity contribution in [3.8, 4) is 0 Å². The molecule has 1 nitrogen and oxygen atoms in total. The van der Waals surface area contributed by atoms with Crippen LogP contribution in [0.2, 0.25) is 0 Å². The zero-order valence-corrected chi connectivity index (χ0v) is 12.9. The van der Waals surface area contributed by atoms with Crippen LogP contribution >= 0.6 is 22.6 Å². The first-order valence-corrected chi connectivity index (χ1v) is 7.15. The van der Waals surface area contributed by atoms with Crippen LogP contribution in [0.15, 0.2) is 36.4 Å². The Morgan fingerprint density at radius 3 is 2.30 bits per heavy atom. The van der Waals surface area contributed by atoms with Crippen molar-refractivity contribution in [2.45, 2.75) is 12.5 Å². The molecule has 0 aliphatic heterocycles. The highest BCUT2D eigenvalue weighted by Gasteiger charge is 2.16. The summed E-state index contributed by atoms with van der Waals surface area (Å²) in [7, 11) is 1.76. The van der Waals surface area contributed by atoms with E-state index in [9.17, 15) is 13.2 Å².